The second kappa shape index (κ2) is 9.61. The van der Waals surface area contributed by atoms with Crippen molar-refractivity contribution < 1.29 is 19.0 Å². The number of nitrogens with one attached hydrogen (secondary N) is 1. The van der Waals surface area contributed by atoms with E-state index in [9.17, 15) is 4.79 Å². The average molecular weight is 480 g/mol. The van der Waals surface area contributed by atoms with Crippen LogP contribution in [0.4, 0.5) is 5.69 Å². The first-order valence-corrected chi connectivity index (χ1v) is 10.1. The third kappa shape index (κ3) is 4.98. The number of carbonyl (C=O) groups excluding carboxylic acids is 1. The smallest absolute Gasteiger partial charge is 0.234 e. The monoisotopic (exact) mass is 479 g/mol. The van der Waals surface area contributed by atoms with E-state index < -0.39 is 0 Å². The molecule has 1 heterocycles. The fourth-order valence-electron chi connectivity index (χ4n) is 2.49. The molecule has 3 rings (SSSR count). The fraction of sp³-hybridized carbons (Fsp3) is 0.222. The summed E-state index contributed by atoms with van der Waals surface area (Å²) < 4.78 is 18.4. The molecule has 0 radical (unpaired) electrons. The van der Waals surface area contributed by atoms with Crippen molar-refractivity contribution in [2.45, 2.75) is 5.16 Å². The van der Waals surface area contributed by atoms with Crippen molar-refractivity contribution in [3.8, 4) is 22.9 Å². The number of hydrogen-bond acceptors (Lipinski definition) is 8. The molecule has 0 bridgehead atoms. The number of aromatic nitrogens is 4. The van der Waals surface area contributed by atoms with Gasteiger partial charge in [0.25, 0.3) is 0 Å². The van der Waals surface area contributed by atoms with Crippen LogP contribution in [-0.4, -0.2) is 53.2 Å². The highest BCUT2D eigenvalue weighted by atomic mass is 79.9. The lowest BCUT2D eigenvalue weighted by atomic mass is 10.2. The number of thioether (sulfide) groups is 1. The van der Waals surface area contributed by atoms with Gasteiger partial charge >= 0.3 is 0 Å². The molecule has 0 aliphatic heterocycles. The highest BCUT2D eigenvalue weighted by Gasteiger charge is 2.16. The van der Waals surface area contributed by atoms with Crippen molar-refractivity contribution in [1.82, 2.24) is 20.2 Å². The van der Waals surface area contributed by atoms with Crippen LogP contribution in [-0.2, 0) is 4.79 Å². The quantitative estimate of drug-likeness (QED) is 0.491. The minimum atomic E-state index is -0.227. The molecule has 0 fully saturated rings. The molecule has 1 aromatic heterocycles. The summed E-state index contributed by atoms with van der Waals surface area (Å²) in [6.07, 6.45) is 0. The molecule has 1 amide bonds. The van der Waals surface area contributed by atoms with Crippen LogP contribution in [0.1, 0.15) is 0 Å². The van der Waals surface area contributed by atoms with Gasteiger partial charge in [0.15, 0.2) is 11.5 Å². The van der Waals surface area contributed by atoms with E-state index in [1.54, 1.807) is 16.8 Å². The number of nitrogens with zero attached hydrogens (tertiary/aromatic N) is 4. The molecule has 0 spiro atoms. The number of hydrogen-bond donors (Lipinski definition) is 1. The van der Waals surface area contributed by atoms with Gasteiger partial charge in [0, 0.05) is 22.3 Å². The molecule has 0 saturated carbocycles. The summed E-state index contributed by atoms with van der Waals surface area (Å²) in [5, 5.41) is 15.0. The Bertz CT molecular complexity index is 971. The maximum atomic E-state index is 12.4. The second-order valence-corrected chi connectivity index (χ2v) is 7.46. The summed E-state index contributed by atoms with van der Waals surface area (Å²) in [5.74, 6) is 1.25. The van der Waals surface area contributed by atoms with Gasteiger partial charge < -0.3 is 19.5 Å². The molecule has 0 atom stereocenters. The Morgan fingerprint density at radius 1 is 1.10 bits per heavy atom. The van der Waals surface area contributed by atoms with Gasteiger partial charge in [-0.2, -0.15) is 4.68 Å². The summed E-state index contributed by atoms with van der Waals surface area (Å²) >= 11 is 4.62. The van der Waals surface area contributed by atoms with Crippen LogP contribution in [0, 0.1) is 0 Å². The van der Waals surface area contributed by atoms with Gasteiger partial charge in [-0.1, -0.05) is 27.7 Å². The molecule has 0 aliphatic rings. The average Bonchev–Trinajstić information content (AvgIpc) is 3.20. The molecule has 9 nitrogen and oxygen atoms in total. The van der Waals surface area contributed by atoms with Crippen LogP contribution in [0.3, 0.4) is 0 Å². The maximum absolute atomic E-state index is 12.4. The van der Waals surface area contributed by atoms with E-state index in [4.69, 9.17) is 14.2 Å². The first kappa shape index (κ1) is 20.9. The van der Waals surface area contributed by atoms with Crippen LogP contribution in [0.15, 0.2) is 46.0 Å². The number of rotatable bonds is 8. The molecule has 2 aromatic carbocycles. The Labute approximate surface area is 179 Å². The zero-order valence-corrected chi connectivity index (χ0v) is 18.3. The van der Waals surface area contributed by atoms with Crippen molar-refractivity contribution in [3.63, 3.8) is 0 Å². The molecule has 11 heteroatoms. The van der Waals surface area contributed by atoms with E-state index in [-0.39, 0.29) is 11.7 Å². The first-order valence-electron chi connectivity index (χ1n) is 8.32. The summed E-state index contributed by atoms with van der Waals surface area (Å²) in [5.41, 5.74) is 1.32. The molecule has 1 N–H and O–H groups in total. The second-order valence-electron chi connectivity index (χ2n) is 5.60. The van der Waals surface area contributed by atoms with Gasteiger partial charge in [-0.05, 0) is 34.7 Å². The van der Waals surface area contributed by atoms with Crippen molar-refractivity contribution in [2.24, 2.45) is 0 Å². The number of halogens is 1. The zero-order chi connectivity index (χ0) is 20.8. The number of tetrazole rings is 1. The lowest BCUT2D eigenvalue weighted by Crippen LogP contribution is -2.15. The molecule has 152 valence electrons. The molecular weight excluding hydrogens is 462 g/mol. The predicted molar refractivity (Wildman–Crippen MR) is 112 cm³/mol. The Kier molecular flexibility index (Phi) is 6.94. The van der Waals surface area contributed by atoms with Crippen LogP contribution in [0.2, 0.25) is 0 Å². The number of carbonyl (C=O) groups is 1. The largest absolute Gasteiger partial charge is 0.493 e. The van der Waals surface area contributed by atoms with E-state index in [2.05, 4.69) is 36.8 Å². The van der Waals surface area contributed by atoms with Crippen molar-refractivity contribution in [3.05, 3.63) is 40.9 Å². The fourth-order valence-corrected chi connectivity index (χ4v) is 3.45. The summed E-state index contributed by atoms with van der Waals surface area (Å²) in [4.78, 5) is 12.4. The minimum Gasteiger partial charge on any atom is -0.493 e. The van der Waals surface area contributed by atoms with E-state index >= 15 is 0 Å². The van der Waals surface area contributed by atoms with E-state index in [1.165, 1.54) is 33.1 Å². The van der Waals surface area contributed by atoms with Gasteiger partial charge in [0.2, 0.25) is 16.8 Å². The molecule has 0 unspecified atom stereocenters. The van der Waals surface area contributed by atoms with Gasteiger partial charge in [-0.25, -0.2) is 0 Å². The normalized spacial score (nSPS) is 10.5. The van der Waals surface area contributed by atoms with Gasteiger partial charge in [0.05, 0.1) is 32.8 Å². The highest BCUT2D eigenvalue weighted by Crippen LogP contribution is 2.40. The number of methoxy groups -OCH3 is 3. The highest BCUT2D eigenvalue weighted by molar-refractivity contribution is 9.10. The van der Waals surface area contributed by atoms with Crippen LogP contribution < -0.4 is 19.5 Å². The summed E-state index contributed by atoms with van der Waals surface area (Å²) in [6.45, 7) is 0. The molecule has 0 saturated heterocycles. The summed E-state index contributed by atoms with van der Waals surface area (Å²) in [6, 6.07) is 10.9. The SMILES string of the molecule is COc1cc(NC(=O)CSc2nnnn2-c2ccc(Br)cc2)cc(OC)c1OC. The number of ether oxygens (including phenoxy) is 3. The Balaban J connectivity index is 1.68. The van der Waals surface area contributed by atoms with E-state index in [0.29, 0.717) is 28.1 Å². The zero-order valence-electron chi connectivity index (χ0n) is 15.9. The lowest BCUT2D eigenvalue weighted by Gasteiger charge is -2.14. The van der Waals surface area contributed by atoms with Crippen LogP contribution >= 0.6 is 27.7 Å². The number of amides is 1. The Hall–Kier alpha value is -2.79. The van der Waals surface area contributed by atoms with E-state index in [0.717, 1.165) is 10.2 Å². The van der Waals surface area contributed by atoms with Crippen LogP contribution in [0.25, 0.3) is 5.69 Å². The predicted octanol–water partition coefficient (Wildman–Crippen LogP) is 3.18. The summed E-state index contributed by atoms with van der Waals surface area (Å²) in [7, 11) is 4.55. The van der Waals surface area contributed by atoms with Crippen molar-refractivity contribution >= 4 is 39.3 Å². The number of benzene rings is 2. The number of anilines is 1. The first-order chi connectivity index (χ1) is 14.0. The Morgan fingerprint density at radius 3 is 2.34 bits per heavy atom. The third-order valence-corrected chi connectivity index (χ3v) is 5.24. The molecular formula is C18H18BrN5O4S. The van der Waals surface area contributed by atoms with Gasteiger partial charge in [0.1, 0.15) is 0 Å². The third-order valence-electron chi connectivity index (χ3n) is 3.79. The molecule has 29 heavy (non-hydrogen) atoms. The van der Waals surface area contributed by atoms with Crippen LogP contribution in [0.5, 0.6) is 17.2 Å². The van der Waals surface area contributed by atoms with Gasteiger partial charge in [-0.3, -0.25) is 4.79 Å². The van der Waals surface area contributed by atoms with E-state index in [1.807, 2.05) is 24.3 Å². The molecule has 3 aromatic rings. The van der Waals surface area contributed by atoms with Crippen molar-refractivity contribution in [1.29, 1.82) is 0 Å². The Morgan fingerprint density at radius 2 is 1.76 bits per heavy atom. The minimum absolute atomic E-state index is 0.119. The standard InChI is InChI=1S/C18H18BrN5O4S/c1-26-14-8-12(9-15(27-2)17(14)28-3)20-16(25)10-29-18-21-22-23-24(18)13-6-4-11(19)5-7-13/h4-9H,10H2,1-3H3,(H,20,25). The van der Waals surface area contributed by atoms with Gasteiger partial charge in [-0.15, -0.1) is 5.10 Å². The maximum Gasteiger partial charge on any atom is 0.234 e. The molecule has 0 aliphatic carbocycles. The lowest BCUT2D eigenvalue weighted by molar-refractivity contribution is -0.113. The van der Waals surface area contributed by atoms with Crippen molar-refractivity contribution in [2.75, 3.05) is 32.4 Å². The topological polar surface area (TPSA) is 100 Å².